The second-order valence-electron chi connectivity index (χ2n) is 2.95. The number of aromatic nitrogens is 2. The van der Waals surface area contributed by atoms with Crippen LogP contribution in [0.5, 0.6) is 0 Å². The highest BCUT2D eigenvalue weighted by atomic mass is 32.2. The number of nitrogens with zero attached hydrogens (tertiary/aromatic N) is 2. The fraction of sp³-hybridized carbons (Fsp3) is 0.625. The molecule has 1 N–H and O–H groups in total. The fourth-order valence-electron chi connectivity index (χ4n) is 0.917. The number of carbonyl (C=O) groups is 1. The van der Waals surface area contributed by atoms with E-state index in [1.165, 1.54) is 11.8 Å². The van der Waals surface area contributed by atoms with Crippen molar-refractivity contribution in [1.82, 2.24) is 10.1 Å². The van der Waals surface area contributed by atoms with Gasteiger partial charge in [-0.3, -0.25) is 4.79 Å². The van der Waals surface area contributed by atoms with E-state index in [1.807, 2.05) is 6.92 Å². The molecule has 0 radical (unpaired) electrons. The van der Waals surface area contributed by atoms with E-state index in [-0.39, 0.29) is 11.7 Å². The molecule has 6 heteroatoms. The Hall–Kier alpha value is -1.04. The van der Waals surface area contributed by atoms with E-state index in [2.05, 4.69) is 10.1 Å². The molecule has 1 aromatic heterocycles. The first-order valence-corrected chi connectivity index (χ1v) is 5.25. The molecule has 14 heavy (non-hydrogen) atoms. The molecule has 1 unspecified atom stereocenters. The second kappa shape index (κ2) is 4.99. The van der Waals surface area contributed by atoms with E-state index in [4.69, 9.17) is 9.63 Å². The third-order valence-corrected chi connectivity index (χ3v) is 2.67. The summed E-state index contributed by atoms with van der Waals surface area (Å²) in [5.41, 5.74) is 0. The highest BCUT2D eigenvalue weighted by molar-refractivity contribution is 7.99. The number of carboxylic acids is 1. The summed E-state index contributed by atoms with van der Waals surface area (Å²) in [5.74, 6) is 0.929. The van der Waals surface area contributed by atoms with Gasteiger partial charge in [0.2, 0.25) is 5.89 Å². The Morgan fingerprint density at radius 3 is 2.93 bits per heavy atom. The Kier molecular flexibility index (Phi) is 3.94. The Morgan fingerprint density at radius 1 is 1.71 bits per heavy atom. The minimum atomic E-state index is -0.785. The molecule has 0 fully saturated rings. The van der Waals surface area contributed by atoms with E-state index in [9.17, 15) is 4.79 Å². The van der Waals surface area contributed by atoms with Crippen molar-refractivity contribution in [2.45, 2.75) is 31.3 Å². The molecule has 0 aromatic carbocycles. The monoisotopic (exact) mass is 216 g/mol. The van der Waals surface area contributed by atoms with Crippen molar-refractivity contribution in [3.63, 3.8) is 0 Å². The average Bonchev–Trinajstić information content (AvgIpc) is 2.47. The van der Waals surface area contributed by atoms with Gasteiger partial charge in [-0.25, -0.2) is 0 Å². The van der Waals surface area contributed by atoms with Crippen molar-refractivity contribution in [3.05, 3.63) is 11.7 Å². The molecule has 0 saturated heterocycles. The van der Waals surface area contributed by atoms with Crippen molar-refractivity contribution >= 4 is 17.7 Å². The number of hydrogen-bond donors (Lipinski definition) is 1. The maximum Gasteiger partial charge on any atom is 0.304 e. The summed E-state index contributed by atoms with van der Waals surface area (Å²) in [4.78, 5) is 14.4. The van der Waals surface area contributed by atoms with Gasteiger partial charge in [-0.05, 0) is 6.92 Å². The predicted octanol–water partition coefficient (Wildman–Crippen LogP) is 1.47. The minimum absolute atomic E-state index is 0.0553. The van der Waals surface area contributed by atoms with Crippen LogP contribution in [0, 0.1) is 6.92 Å². The van der Waals surface area contributed by atoms with E-state index < -0.39 is 5.97 Å². The number of thioether (sulfide) groups is 1. The molecule has 0 aliphatic carbocycles. The first-order chi connectivity index (χ1) is 6.58. The van der Waals surface area contributed by atoms with Crippen LogP contribution in [0.25, 0.3) is 0 Å². The zero-order valence-electron chi connectivity index (χ0n) is 8.06. The Morgan fingerprint density at radius 2 is 2.43 bits per heavy atom. The van der Waals surface area contributed by atoms with Crippen molar-refractivity contribution in [1.29, 1.82) is 0 Å². The van der Waals surface area contributed by atoms with E-state index in [0.717, 1.165) is 0 Å². The number of aliphatic carboxylic acids is 1. The SMILES string of the molecule is Cc1noc(CSC(C)CC(=O)O)n1. The number of hydrogen-bond acceptors (Lipinski definition) is 5. The van der Waals surface area contributed by atoms with Crippen LogP contribution in [-0.4, -0.2) is 26.5 Å². The van der Waals surface area contributed by atoms with Crippen LogP contribution in [0.3, 0.4) is 0 Å². The lowest BCUT2D eigenvalue weighted by Crippen LogP contribution is -2.05. The third kappa shape index (κ3) is 3.78. The molecule has 0 saturated carbocycles. The van der Waals surface area contributed by atoms with E-state index in [1.54, 1.807) is 6.92 Å². The molecule has 0 aliphatic rings. The maximum absolute atomic E-state index is 10.4. The summed E-state index contributed by atoms with van der Waals surface area (Å²) in [6, 6.07) is 0. The summed E-state index contributed by atoms with van der Waals surface area (Å²) < 4.78 is 4.89. The quantitative estimate of drug-likeness (QED) is 0.803. The zero-order chi connectivity index (χ0) is 10.6. The molecule has 0 aliphatic heterocycles. The highest BCUT2D eigenvalue weighted by Gasteiger charge is 2.10. The van der Waals surface area contributed by atoms with Crippen LogP contribution < -0.4 is 0 Å². The maximum atomic E-state index is 10.4. The highest BCUT2D eigenvalue weighted by Crippen LogP contribution is 2.18. The molecule has 78 valence electrons. The molecule has 1 aromatic rings. The molecule has 1 atom stereocenters. The lowest BCUT2D eigenvalue weighted by molar-refractivity contribution is -0.136. The molecular weight excluding hydrogens is 204 g/mol. The van der Waals surface area contributed by atoms with Gasteiger partial charge in [0.1, 0.15) is 0 Å². The lowest BCUT2D eigenvalue weighted by atomic mass is 10.3. The number of carboxylic acid groups (broad SMARTS) is 1. The molecule has 1 heterocycles. The topological polar surface area (TPSA) is 76.2 Å². The van der Waals surface area contributed by atoms with E-state index >= 15 is 0 Å². The van der Waals surface area contributed by atoms with Gasteiger partial charge in [-0.15, -0.1) is 11.8 Å². The van der Waals surface area contributed by atoms with E-state index in [0.29, 0.717) is 17.5 Å². The molecule has 0 spiro atoms. The summed E-state index contributed by atoms with van der Waals surface area (Å²) in [7, 11) is 0. The van der Waals surface area contributed by atoms with Gasteiger partial charge in [0.15, 0.2) is 5.82 Å². The largest absolute Gasteiger partial charge is 0.481 e. The van der Waals surface area contributed by atoms with Gasteiger partial charge in [0.05, 0.1) is 12.2 Å². The zero-order valence-corrected chi connectivity index (χ0v) is 8.87. The van der Waals surface area contributed by atoms with Gasteiger partial charge < -0.3 is 9.63 Å². The lowest BCUT2D eigenvalue weighted by Gasteiger charge is -2.04. The molecule has 0 amide bonds. The van der Waals surface area contributed by atoms with Crippen molar-refractivity contribution in [3.8, 4) is 0 Å². The van der Waals surface area contributed by atoms with Crippen molar-refractivity contribution < 1.29 is 14.4 Å². The normalized spacial score (nSPS) is 12.7. The predicted molar refractivity (Wildman–Crippen MR) is 52.0 cm³/mol. The van der Waals surface area contributed by atoms with Gasteiger partial charge in [0, 0.05) is 5.25 Å². The smallest absolute Gasteiger partial charge is 0.304 e. The van der Waals surface area contributed by atoms with Gasteiger partial charge in [-0.1, -0.05) is 12.1 Å². The molecule has 5 nitrogen and oxygen atoms in total. The van der Waals surface area contributed by atoms with Gasteiger partial charge in [-0.2, -0.15) is 4.98 Å². The van der Waals surface area contributed by atoms with Crippen LogP contribution in [-0.2, 0) is 10.5 Å². The van der Waals surface area contributed by atoms with Crippen LogP contribution in [0.15, 0.2) is 4.52 Å². The molecule has 1 rings (SSSR count). The summed E-state index contributed by atoms with van der Waals surface area (Å²) in [5, 5.41) is 12.2. The number of rotatable bonds is 5. The summed E-state index contributed by atoms with van der Waals surface area (Å²) in [6.07, 6.45) is 0.151. The first kappa shape index (κ1) is 11.0. The fourth-order valence-corrected chi connectivity index (χ4v) is 1.72. The summed E-state index contributed by atoms with van der Waals surface area (Å²) in [6.45, 7) is 3.61. The Balaban J connectivity index is 2.30. The molecule has 0 bridgehead atoms. The van der Waals surface area contributed by atoms with Crippen molar-refractivity contribution in [2.75, 3.05) is 0 Å². The molecular formula is C8H12N2O3S. The van der Waals surface area contributed by atoms with Crippen LogP contribution in [0.2, 0.25) is 0 Å². The minimum Gasteiger partial charge on any atom is -0.481 e. The second-order valence-corrected chi connectivity index (χ2v) is 4.38. The van der Waals surface area contributed by atoms with Gasteiger partial charge >= 0.3 is 5.97 Å². The van der Waals surface area contributed by atoms with Gasteiger partial charge in [0.25, 0.3) is 0 Å². The number of aryl methyl sites for hydroxylation is 1. The average molecular weight is 216 g/mol. The Bertz CT molecular complexity index is 313. The van der Waals surface area contributed by atoms with Crippen LogP contribution in [0.1, 0.15) is 25.1 Å². The summed E-state index contributed by atoms with van der Waals surface area (Å²) >= 11 is 1.49. The third-order valence-electron chi connectivity index (χ3n) is 1.52. The van der Waals surface area contributed by atoms with Crippen molar-refractivity contribution in [2.24, 2.45) is 0 Å². The Labute approximate surface area is 85.9 Å². The first-order valence-electron chi connectivity index (χ1n) is 4.20. The van der Waals surface area contributed by atoms with Crippen LogP contribution >= 0.6 is 11.8 Å². The standard InChI is InChI=1S/C8H12N2O3S/c1-5(3-8(11)12)14-4-7-9-6(2)10-13-7/h5H,3-4H2,1-2H3,(H,11,12). The van der Waals surface area contributed by atoms with Crippen LogP contribution in [0.4, 0.5) is 0 Å².